The van der Waals surface area contributed by atoms with Gasteiger partial charge in [0.25, 0.3) is 5.56 Å². The molecule has 2 heterocycles. The van der Waals surface area contributed by atoms with Gasteiger partial charge in [0.05, 0.1) is 0 Å². The van der Waals surface area contributed by atoms with Crippen LogP contribution >= 0.6 is 11.3 Å². The van der Waals surface area contributed by atoms with Crippen molar-refractivity contribution in [3.8, 4) is 16.3 Å². The Morgan fingerprint density at radius 2 is 2.38 bits per heavy atom. The third-order valence-electron chi connectivity index (χ3n) is 1.81. The summed E-state index contributed by atoms with van der Waals surface area (Å²) in [6.45, 7) is 0. The third kappa shape index (κ3) is 1.17. The van der Waals surface area contributed by atoms with Crippen LogP contribution in [0.1, 0.15) is 0 Å². The first-order valence-corrected chi connectivity index (χ1v) is 4.60. The van der Waals surface area contributed by atoms with Crippen molar-refractivity contribution in [2.45, 2.75) is 0 Å². The maximum absolute atomic E-state index is 11.3. The van der Waals surface area contributed by atoms with E-state index in [2.05, 4.69) is 5.10 Å². The fourth-order valence-corrected chi connectivity index (χ4v) is 1.94. The fourth-order valence-electron chi connectivity index (χ4n) is 1.17. The van der Waals surface area contributed by atoms with E-state index in [9.17, 15) is 9.90 Å². The number of aromatic amines is 1. The number of aromatic nitrogens is 2. The highest BCUT2D eigenvalue weighted by molar-refractivity contribution is 7.13. The molecule has 0 saturated heterocycles. The van der Waals surface area contributed by atoms with E-state index in [1.165, 1.54) is 16.0 Å². The fraction of sp³-hybridized carbons (Fsp3) is 0.125. The van der Waals surface area contributed by atoms with E-state index in [-0.39, 0.29) is 11.4 Å². The van der Waals surface area contributed by atoms with Crippen LogP contribution in [0.3, 0.4) is 0 Å². The van der Waals surface area contributed by atoms with Crippen molar-refractivity contribution >= 4 is 11.3 Å². The highest BCUT2D eigenvalue weighted by atomic mass is 32.1. The molecule has 0 fully saturated rings. The van der Waals surface area contributed by atoms with Crippen LogP contribution in [0.25, 0.3) is 10.4 Å². The number of hydrogen-bond acceptors (Lipinski definition) is 3. The Kier molecular flexibility index (Phi) is 1.73. The van der Waals surface area contributed by atoms with E-state index in [1.807, 2.05) is 11.4 Å². The Labute approximate surface area is 78.1 Å². The predicted molar refractivity (Wildman–Crippen MR) is 51.0 cm³/mol. The molecule has 0 aromatic carbocycles. The van der Waals surface area contributed by atoms with Gasteiger partial charge in [-0.2, -0.15) is 0 Å². The summed E-state index contributed by atoms with van der Waals surface area (Å²) < 4.78 is 1.30. The van der Waals surface area contributed by atoms with Gasteiger partial charge in [-0.25, -0.2) is 0 Å². The van der Waals surface area contributed by atoms with Crippen molar-refractivity contribution in [1.82, 2.24) is 9.78 Å². The van der Waals surface area contributed by atoms with E-state index in [0.29, 0.717) is 5.56 Å². The minimum atomic E-state index is -0.262. The van der Waals surface area contributed by atoms with Gasteiger partial charge in [-0.1, -0.05) is 6.07 Å². The summed E-state index contributed by atoms with van der Waals surface area (Å²) in [5.41, 5.74) is 0.0833. The van der Waals surface area contributed by atoms with Crippen molar-refractivity contribution in [2.24, 2.45) is 7.05 Å². The van der Waals surface area contributed by atoms with E-state index >= 15 is 0 Å². The first-order chi connectivity index (χ1) is 6.20. The number of aryl methyl sites for hydroxylation is 1. The molecule has 0 unspecified atom stereocenters. The molecule has 2 rings (SSSR count). The van der Waals surface area contributed by atoms with Gasteiger partial charge in [0.2, 0.25) is 5.88 Å². The molecular weight excluding hydrogens is 188 g/mol. The lowest BCUT2D eigenvalue weighted by Crippen LogP contribution is -2.03. The lowest BCUT2D eigenvalue weighted by molar-refractivity contribution is 0.421. The van der Waals surface area contributed by atoms with Gasteiger partial charge in [0, 0.05) is 11.9 Å². The van der Waals surface area contributed by atoms with Gasteiger partial charge >= 0.3 is 0 Å². The number of nitrogens with one attached hydrogen (secondary N) is 1. The Morgan fingerprint density at radius 3 is 2.85 bits per heavy atom. The summed E-state index contributed by atoms with van der Waals surface area (Å²) >= 11 is 1.42. The second-order valence-electron chi connectivity index (χ2n) is 2.68. The lowest BCUT2D eigenvalue weighted by Gasteiger charge is -1.93. The van der Waals surface area contributed by atoms with Gasteiger partial charge < -0.3 is 5.11 Å². The van der Waals surface area contributed by atoms with Crippen LogP contribution < -0.4 is 5.56 Å². The summed E-state index contributed by atoms with van der Waals surface area (Å²) in [7, 11) is 1.59. The smallest absolute Gasteiger partial charge is 0.276 e. The summed E-state index contributed by atoms with van der Waals surface area (Å²) in [6.07, 6.45) is 0. The van der Waals surface area contributed by atoms with Gasteiger partial charge in [-0.15, -0.1) is 11.3 Å². The second-order valence-corrected chi connectivity index (χ2v) is 3.62. The standard InChI is InChI=1S/C8H8N2O2S/c1-10-8(12)6(7(11)9-10)5-3-2-4-13-5/h2-4,12H,1H3,(H,9,11). The van der Waals surface area contributed by atoms with Crippen LogP contribution in [-0.4, -0.2) is 14.9 Å². The molecule has 68 valence electrons. The molecule has 13 heavy (non-hydrogen) atoms. The van der Waals surface area contributed by atoms with E-state index < -0.39 is 0 Å². The zero-order valence-corrected chi connectivity index (χ0v) is 7.76. The Bertz CT molecular complexity index is 467. The topological polar surface area (TPSA) is 58.0 Å². The van der Waals surface area contributed by atoms with E-state index in [4.69, 9.17) is 0 Å². The summed E-state index contributed by atoms with van der Waals surface area (Å²) in [4.78, 5) is 12.1. The molecule has 4 nitrogen and oxygen atoms in total. The average molecular weight is 196 g/mol. The first kappa shape index (κ1) is 8.12. The molecule has 0 atom stereocenters. The molecule has 2 aromatic rings. The number of H-pyrrole nitrogens is 1. The van der Waals surface area contributed by atoms with Crippen molar-refractivity contribution in [3.05, 3.63) is 27.9 Å². The van der Waals surface area contributed by atoms with Crippen molar-refractivity contribution in [2.75, 3.05) is 0 Å². The van der Waals surface area contributed by atoms with E-state index in [1.54, 1.807) is 13.1 Å². The molecule has 2 N–H and O–H groups in total. The molecule has 0 aliphatic carbocycles. The molecule has 5 heteroatoms. The van der Waals surface area contributed by atoms with Crippen LogP contribution in [0.5, 0.6) is 5.88 Å². The summed E-state index contributed by atoms with van der Waals surface area (Å²) in [5.74, 6) is -0.0209. The van der Waals surface area contributed by atoms with Crippen LogP contribution in [0.2, 0.25) is 0 Å². The molecule has 2 aromatic heterocycles. The SMILES string of the molecule is Cn1[nH]c(=O)c(-c2cccs2)c1O. The minimum absolute atomic E-state index is 0.0209. The van der Waals surface area contributed by atoms with Crippen LogP contribution in [0.15, 0.2) is 22.3 Å². The van der Waals surface area contributed by atoms with Crippen LogP contribution in [0, 0.1) is 0 Å². The molecule has 0 saturated carbocycles. The zero-order chi connectivity index (χ0) is 9.42. The Morgan fingerprint density at radius 1 is 1.62 bits per heavy atom. The molecule has 0 aliphatic heterocycles. The van der Waals surface area contributed by atoms with Gasteiger partial charge in [-0.05, 0) is 11.4 Å². The predicted octanol–water partition coefficient (Wildman–Crippen LogP) is 1.15. The van der Waals surface area contributed by atoms with Crippen LogP contribution in [0.4, 0.5) is 0 Å². The number of thiophene rings is 1. The normalized spacial score (nSPS) is 10.5. The molecule has 0 radical (unpaired) electrons. The third-order valence-corrected chi connectivity index (χ3v) is 2.69. The lowest BCUT2D eigenvalue weighted by atomic mass is 10.3. The van der Waals surface area contributed by atoms with Gasteiger partial charge in [-0.3, -0.25) is 14.6 Å². The van der Waals surface area contributed by atoms with Crippen molar-refractivity contribution in [1.29, 1.82) is 0 Å². The number of hydrogen-bond donors (Lipinski definition) is 2. The largest absolute Gasteiger partial charge is 0.493 e. The molecule has 0 amide bonds. The molecule has 0 aliphatic rings. The van der Waals surface area contributed by atoms with E-state index in [0.717, 1.165) is 4.88 Å². The zero-order valence-electron chi connectivity index (χ0n) is 6.94. The summed E-state index contributed by atoms with van der Waals surface area (Å²) in [5, 5.41) is 13.9. The Hall–Kier alpha value is -1.49. The summed E-state index contributed by atoms with van der Waals surface area (Å²) in [6, 6.07) is 3.64. The highest BCUT2D eigenvalue weighted by Gasteiger charge is 2.14. The molecule has 0 spiro atoms. The molecule has 0 bridgehead atoms. The minimum Gasteiger partial charge on any atom is -0.493 e. The average Bonchev–Trinajstić information content (AvgIpc) is 2.63. The van der Waals surface area contributed by atoms with Gasteiger partial charge in [0.15, 0.2) is 0 Å². The monoisotopic (exact) mass is 196 g/mol. The maximum atomic E-state index is 11.3. The Balaban J connectivity index is 2.71. The second kappa shape index (κ2) is 2.77. The highest BCUT2D eigenvalue weighted by Crippen LogP contribution is 2.28. The number of rotatable bonds is 1. The van der Waals surface area contributed by atoms with Crippen LogP contribution in [-0.2, 0) is 7.05 Å². The maximum Gasteiger partial charge on any atom is 0.276 e. The quantitative estimate of drug-likeness (QED) is 0.718. The van der Waals surface area contributed by atoms with Crippen molar-refractivity contribution < 1.29 is 5.11 Å². The van der Waals surface area contributed by atoms with Gasteiger partial charge in [0.1, 0.15) is 5.56 Å². The molecular formula is C8H8N2O2S. The van der Waals surface area contributed by atoms with Crippen molar-refractivity contribution in [3.63, 3.8) is 0 Å². The first-order valence-electron chi connectivity index (χ1n) is 3.72. The number of aromatic hydroxyl groups is 1. The number of nitrogens with zero attached hydrogens (tertiary/aromatic N) is 1.